The van der Waals surface area contributed by atoms with E-state index in [1.165, 1.54) is 13.8 Å². The van der Waals surface area contributed by atoms with Crippen LogP contribution in [0, 0.1) is 0 Å². The summed E-state index contributed by atoms with van der Waals surface area (Å²) < 4.78 is 10.7. The number of amides is 2. The van der Waals surface area contributed by atoms with E-state index in [9.17, 15) is 34.8 Å². The second kappa shape index (κ2) is 9.75. The van der Waals surface area contributed by atoms with Crippen LogP contribution in [0.4, 0.5) is 0 Å². The highest BCUT2D eigenvalue weighted by molar-refractivity contribution is 5.74. The Kier molecular flexibility index (Phi) is 8.35. The fourth-order valence-electron chi connectivity index (χ4n) is 2.46. The molecule has 6 N–H and O–H groups in total. The molecule has 25 heavy (non-hydrogen) atoms. The molecule has 0 aromatic heterocycles. The van der Waals surface area contributed by atoms with E-state index in [1.807, 2.05) is 0 Å². The number of carbonyl (C=O) groups excluding carboxylic acids is 3. The molecule has 2 amide bonds. The lowest BCUT2D eigenvalue weighted by atomic mass is 9.96. The summed E-state index contributed by atoms with van der Waals surface area (Å²) in [5.74, 6) is -1.07. The summed E-state index contributed by atoms with van der Waals surface area (Å²) in [7, 11) is 0. The molecule has 0 radical (unpaired) electrons. The van der Waals surface area contributed by atoms with Crippen molar-refractivity contribution >= 4 is 18.1 Å². The predicted octanol–water partition coefficient (Wildman–Crippen LogP) is -3.99. The van der Waals surface area contributed by atoms with Crippen LogP contribution in [-0.4, -0.2) is 94.5 Å². The average molecular weight is 364 g/mol. The SMILES string of the molecule is CC(=O)NC(CO)C(C=O)OC1OC(CO)C(O)C(O)C1NC(C)=O. The number of aldehydes is 1. The van der Waals surface area contributed by atoms with Gasteiger partial charge >= 0.3 is 0 Å². The molecule has 1 rings (SSSR count). The van der Waals surface area contributed by atoms with Crippen molar-refractivity contribution < 1.29 is 44.3 Å². The predicted molar refractivity (Wildman–Crippen MR) is 81.0 cm³/mol. The molecule has 0 saturated carbocycles. The van der Waals surface area contributed by atoms with Crippen molar-refractivity contribution in [2.75, 3.05) is 13.2 Å². The molecule has 11 heteroatoms. The van der Waals surface area contributed by atoms with Crippen LogP contribution in [0.5, 0.6) is 0 Å². The molecule has 0 bridgehead atoms. The lowest BCUT2D eigenvalue weighted by Gasteiger charge is -2.43. The average Bonchev–Trinajstić information content (AvgIpc) is 2.56. The Morgan fingerprint density at radius 1 is 1.20 bits per heavy atom. The molecule has 7 unspecified atom stereocenters. The van der Waals surface area contributed by atoms with E-state index < -0.39 is 67.8 Å². The van der Waals surface area contributed by atoms with Crippen LogP contribution in [0.2, 0.25) is 0 Å². The maximum absolute atomic E-state index is 11.3. The zero-order chi connectivity index (χ0) is 19.1. The standard InChI is InChI=1S/C14H24N2O9/c1-6(20)15-8(3-17)9(4-18)24-14-11(16-7(2)21)13(23)12(22)10(5-19)25-14/h4,8-14,17,19,22-23H,3,5H2,1-2H3,(H,15,20)(H,16,21). The topological polar surface area (TPSA) is 175 Å². The number of rotatable bonds is 8. The Labute approximate surface area is 143 Å². The summed E-state index contributed by atoms with van der Waals surface area (Å²) in [6.07, 6.45) is -6.73. The summed E-state index contributed by atoms with van der Waals surface area (Å²) >= 11 is 0. The van der Waals surface area contributed by atoms with Crippen LogP contribution in [0.15, 0.2) is 0 Å². The Hall–Kier alpha value is -1.63. The van der Waals surface area contributed by atoms with Crippen LogP contribution in [0.25, 0.3) is 0 Å². The monoisotopic (exact) mass is 364 g/mol. The highest BCUT2D eigenvalue weighted by atomic mass is 16.7. The second-order valence-corrected chi connectivity index (χ2v) is 5.66. The normalized spacial score (nSPS) is 31.7. The van der Waals surface area contributed by atoms with E-state index in [1.54, 1.807) is 0 Å². The lowest BCUT2D eigenvalue weighted by Crippen LogP contribution is -2.65. The van der Waals surface area contributed by atoms with Crippen molar-refractivity contribution in [1.29, 1.82) is 0 Å². The Bertz CT molecular complexity index is 475. The van der Waals surface area contributed by atoms with Gasteiger partial charge in [-0.3, -0.25) is 9.59 Å². The van der Waals surface area contributed by atoms with Gasteiger partial charge in [0.15, 0.2) is 12.6 Å². The summed E-state index contributed by atoms with van der Waals surface area (Å²) in [5, 5.41) is 43.2. The number of carbonyl (C=O) groups is 3. The van der Waals surface area contributed by atoms with Crippen molar-refractivity contribution in [3.8, 4) is 0 Å². The smallest absolute Gasteiger partial charge is 0.217 e. The third kappa shape index (κ3) is 5.70. The first-order valence-electron chi connectivity index (χ1n) is 7.63. The zero-order valence-corrected chi connectivity index (χ0v) is 13.9. The third-order valence-electron chi connectivity index (χ3n) is 3.66. The van der Waals surface area contributed by atoms with E-state index in [4.69, 9.17) is 9.47 Å². The van der Waals surface area contributed by atoms with Crippen LogP contribution in [0.3, 0.4) is 0 Å². The van der Waals surface area contributed by atoms with Gasteiger partial charge in [0.2, 0.25) is 11.8 Å². The van der Waals surface area contributed by atoms with Crippen molar-refractivity contribution in [2.24, 2.45) is 0 Å². The number of ether oxygens (including phenoxy) is 2. The van der Waals surface area contributed by atoms with Crippen LogP contribution in [-0.2, 0) is 23.9 Å². The minimum absolute atomic E-state index is 0.316. The maximum Gasteiger partial charge on any atom is 0.217 e. The molecule has 0 aromatic carbocycles. The van der Waals surface area contributed by atoms with Gasteiger partial charge in [-0.25, -0.2) is 0 Å². The van der Waals surface area contributed by atoms with Crippen LogP contribution in [0.1, 0.15) is 13.8 Å². The van der Waals surface area contributed by atoms with Gasteiger partial charge in [-0.05, 0) is 0 Å². The number of hydrogen-bond donors (Lipinski definition) is 6. The van der Waals surface area contributed by atoms with Crippen molar-refractivity contribution in [3.05, 3.63) is 0 Å². The van der Waals surface area contributed by atoms with Gasteiger partial charge in [-0.15, -0.1) is 0 Å². The number of nitrogens with one attached hydrogen (secondary N) is 2. The highest BCUT2D eigenvalue weighted by Crippen LogP contribution is 2.23. The fourth-order valence-corrected chi connectivity index (χ4v) is 2.46. The second-order valence-electron chi connectivity index (χ2n) is 5.66. The third-order valence-corrected chi connectivity index (χ3v) is 3.66. The summed E-state index contributed by atoms with van der Waals surface area (Å²) in [4.78, 5) is 33.8. The molecule has 1 fully saturated rings. The van der Waals surface area contributed by atoms with Gasteiger partial charge in [0.05, 0.1) is 19.3 Å². The number of hydrogen-bond acceptors (Lipinski definition) is 9. The minimum atomic E-state index is -1.54. The molecule has 1 aliphatic heterocycles. The first kappa shape index (κ1) is 21.4. The van der Waals surface area contributed by atoms with Crippen LogP contribution < -0.4 is 10.6 Å². The molecule has 0 aromatic rings. The number of aliphatic hydroxyl groups is 4. The van der Waals surface area contributed by atoms with E-state index in [0.29, 0.717) is 6.29 Å². The summed E-state index contributed by atoms with van der Waals surface area (Å²) in [5.41, 5.74) is 0. The van der Waals surface area contributed by atoms with Crippen molar-refractivity contribution in [3.63, 3.8) is 0 Å². The highest BCUT2D eigenvalue weighted by Gasteiger charge is 2.46. The van der Waals surface area contributed by atoms with E-state index in [2.05, 4.69) is 10.6 Å². The van der Waals surface area contributed by atoms with Gasteiger partial charge in [0.1, 0.15) is 30.5 Å². The van der Waals surface area contributed by atoms with Crippen LogP contribution >= 0.6 is 0 Å². The maximum atomic E-state index is 11.3. The molecule has 0 aliphatic carbocycles. The van der Waals surface area contributed by atoms with Crippen molar-refractivity contribution in [1.82, 2.24) is 10.6 Å². The summed E-state index contributed by atoms with van der Waals surface area (Å²) in [6, 6.07) is -2.33. The van der Waals surface area contributed by atoms with Gasteiger partial charge < -0.3 is 45.3 Å². The molecule has 1 saturated heterocycles. The molecule has 1 heterocycles. The van der Waals surface area contributed by atoms with E-state index in [-0.39, 0.29) is 0 Å². The molecule has 144 valence electrons. The molecular formula is C14H24N2O9. The van der Waals surface area contributed by atoms with Gasteiger partial charge in [-0.1, -0.05) is 0 Å². The molecule has 0 spiro atoms. The quantitative estimate of drug-likeness (QED) is 0.235. The minimum Gasteiger partial charge on any atom is -0.394 e. The molecular weight excluding hydrogens is 340 g/mol. The largest absolute Gasteiger partial charge is 0.394 e. The van der Waals surface area contributed by atoms with E-state index in [0.717, 1.165) is 0 Å². The Morgan fingerprint density at radius 2 is 1.84 bits per heavy atom. The molecule has 1 aliphatic rings. The van der Waals surface area contributed by atoms with Gasteiger partial charge in [0, 0.05) is 13.8 Å². The lowest BCUT2D eigenvalue weighted by molar-refractivity contribution is -0.280. The van der Waals surface area contributed by atoms with Gasteiger partial charge in [-0.2, -0.15) is 0 Å². The number of aliphatic hydroxyl groups excluding tert-OH is 4. The summed E-state index contributed by atoms with van der Waals surface area (Å²) in [6.45, 7) is 1.09. The van der Waals surface area contributed by atoms with Gasteiger partial charge in [0.25, 0.3) is 0 Å². The molecule has 7 atom stereocenters. The molecule has 11 nitrogen and oxygen atoms in total. The van der Waals surface area contributed by atoms with E-state index >= 15 is 0 Å². The fraction of sp³-hybridized carbons (Fsp3) is 0.786. The first-order chi connectivity index (χ1) is 11.7. The first-order valence-corrected chi connectivity index (χ1v) is 7.63. The Morgan fingerprint density at radius 3 is 2.28 bits per heavy atom. The Balaban J connectivity index is 2.99. The zero-order valence-electron chi connectivity index (χ0n) is 13.9. The van der Waals surface area contributed by atoms with Crippen molar-refractivity contribution in [2.45, 2.75) is 56.6 Å².